The average Bonchev–Trinajstić information content (AvgIpc) is 3.11. The van der Waals surface area contributed by atoms with Crippen molar-refractivity contribution in [2.45, 2.75) is 42.6 Å². The van der Waals surface area contributed by atoms with E-state index >= 15 is 0 Å². The van der Waals surface area contributed by atoms with Crippen molar-refractivity contribution in [2.75, 3.05) is 19.0 Å². The molecular weight excluding hydrogens is 483 g/mol. The Balaban J connectivity index is 1.88. The van der Waals surface area contributed by atoms with Crippen LogP contribution in [0.15, 0.2) is 24.3 Å². The highest BCUT2D eigenvalue weighted by Crippen LogP contribution is 2.41. The second kappa shape index (κ2) is 10.3. The predicted molar refractivity (Wildman–Crippen MR) is 125 cm³/mol. The SMILES string of the molecule is CCOC(=O)c1c(N[C@H](NC(=O)c2ccc(OC)cc2)C(Cl)(Cl)Cl)sc2c1CCCC2. The number of nitrogens with one attached hydrogen (secondary N) is 2. The Morgan fingerprint density at radius 3 is 2.45 bits per heavy atom. The van der Waals surface area contributed by atoms with E-state index in [4.69, 9.17) is 44.3 Å². The van der Waals surface area contributed by atoms with E-state index in [1.165, 1.54) is 11.3 Å². The van der Waals surface area contributed by atoms with Crippen LogP contribution < -0.4 is 15.4 Å². The van der Waals surface area contributed by atoms with Gasteiger partial charge in [0.15, 0.2) is 0 Å². The van der Waals surface area contributed by atoms with Gasteiger partial charge >= 0.3 is 5.97 Å². The number of hydrogen-bond acceptors (Lipinski definition) is 6. The quantitative estimate of drug-likeness (QED) is 0.301. The zero-order chi connectivity index (χ0) is 22.6. The minimum Gasteiger partial charge on any atom is -0.497 e. The topological polar surface area (TPSA) is 76.7 Å². The van der Waals surface area contributed by atoms with Gasteiger partial charge in [-0.2, -0.15) is 0 Å². The maximum Gasteiger partial charge on any atom is 0.341 e. The first-order chi connectivity index (χ1) is 14.7. The van der Waals surface area contributed by atoms with Gasteiger partial charge in [0.05, 0.1) is 19.3 Å². The van der Waals surface area contributed by atoms with Crippen molar-refractivity contribution in [1.82, 2.24) is 5.32 Å². The molecule has 0 spiro atoms. The highest BCUT2D eigenvalue weighted by atomic mass is 35.6. The lowest BCUT2D eigenvalue weighted by Gasteiger charge is -2.27. The summed E-state index contributed by atoms with van der Waals surface area (Å²) in [5, 5.41) is 6.30. The maximum absolute atomic E-state index is 12.8. The second-order valence-electron chi connectivity index (χ2n) is 6.96. The van der Waals surface area contributed by atoms with Crippen molar-refractivity contribution >= 4 is 63.0 Å². The summed E-state index contributed by atoms with van der Waals surface area (Å²) in [4.78, 5) is 26.5. The van der Waals surface area contributed by atoms with Crippen molar-refractivity contribution in [3.8, 4) is 5.75 Å². The van der Waals surface area contributed by atoms with Gasteiger partial charge in [-0.05, 0) is 62.4 Å². The Hall–Kier alpha value is -1.67. The Bertz CT molecular complexity index is 941. The number of halogens is 3. The molecule has 0 saturated carbocycles. The summed E-state index contributed by atoms with van der Waals surface area (Å²) in [5.41, 5.74) is 1.80. The van der Waals surface area contributed by atoms with Gasteiger partial charge in [0, 0.05) is 10.4 Å². The summed E-state index contributed by atoms with van der Waals surface area (Å²) in [6.45, 7) is 2.01. The van der Waals surface area contributed by atoms with E-state index in [2.05, 4.69) is 10.6 Å². The minimum absolute atomic E-state index is 0.255. The van der Waals surface area contributed by atoms with Crippen molar-refractivity contribution < 1.29 is 19.1 Å². The molecule has 0 fully saturated rings. The first-order valence-electron chi connectivity index (χ1n) is 9.84. The van der Waals surface area contributed by atoms with E-state index in [1.807, 2.05) is 0 Å². The highest BCUT2D eigenvalue weighted by Gasteiger charge is 2.37. The van der Waals surface area contributed by atoms with Crippen LogP contribution in [0.2, 0.25) is 0 Å². The number of carbonyl (C=O) groups is 2. The highest BCUT2D eigenvalue weighted by molar-refractivity contribution is 7.16. The Kier molecular flexibility index (Phi) is 7.97. The lowest BCUT2D eigenvalue weighted by molar-refractivity contribution is 0.0526. The Labute approximate surface area is 200 Å². The van der Waals surface area contributed by atoms with E-state index in [-0.39, 0.29) is 6.61 Å². The molecule has 0 bridgehead atoms. The molecule has 1 atom stereocenters. The number of esters is 1. The van der Waals surface area contributed by atoms with E-state index in [0.717, 1.165) is 36.1 Å². The third-order valence-electron chi connectivity index (χ3n) is 4.88. The number of rotatable bonds is 7. The summed E-state index contributed by atoms with van der Waals surface area (Å²) in [6, 6.07) is 6.55. The molecular formula is C21H23Cl3N2O4S. The van der Waals surface area contributed by atoms with Crippen molar-refractivity contribution in [3.63, 3.8) is 0 Å². The molecule has 6 nitrogen and oxygen atoms in total. The summed E-state index contributed by atoms with van der Waals surface area (Å²) in [5.74, 6) is -0.240. The van der Waals surface area contributed by atoms with Crippen LogP contribution in [0.25, 0.3) is 0 Å². The summed E-state index contributed by atoms with van der Waals surface area (Å²) < 4.78 is 8.49. The van der Waals surface area contributed by atoms with Crippen LogP contribution in [0.5, 0.6) is 5.75 Å². The molecule has 1 aliphatic carbocycles. The van der Waals surface area contributed by atoms with Crippen LogP contribution in [0, 0.1) is 0 Å². The summed E-state index contributed by atoms with van der Waals surface area (Å²) >= 11 is 19.9. The lowest BCUT2D eigenvalue weighted by Crippen LogP contribution is -2.49. The van der Waals surface area contributed by atoms with Gasteiger partial charge < -0.3 is 20.1 Å². The number of methoxy groups -OCH3 is 1. The molecule has 1 amide bonds. The number of alkyl halides is 3. The molecule has 2 aromatic rings. The average molecular weight is 506 g/mol. The molecule has 168 valence electrons. The fourth-order valence-electron chi connectivity index (χ4n) is 3.37. The van der Waals surface area contributed by atoms with E-state index in [9.17, 15) is 9.59 Å². The number of amides is 1. The first-order valence-corrected chi connectivity index (χ1v) is 11.8. The standard InChI is InChI=1S/C21H23Cl3N2O4S/c1-3-30-19(28)16-14-6-4-5-7-15(14)31-18(16)26-20(21(22,23)24)25-17(27)12-8-10-13(29-2)11-9-12/h8-11,20,26H,3-7H2,1-2H3,(H,25,27)/t20-/m0/s1. The van der Waals surface area contributed by atoms with Gasteiger partial charge in [0.25, 0.3) is 5.91 Å². The number of aryl methyl sites for hydroxylation is 1. The van der Waals surface area contributed by atoms with Crippen LogP contribution in [0.3, 0.4) is 0 Å². The maximum atomic E-state index is 12.8. The number of anilines is 1. The number of carbonyl (C=O) groups excluding carboxylic acids is 2. The van der Waals surface area contributed by atoms with E-state index < -0.39 is 21.8 Å². The van der Waals surface area contributed by atoms with Crippen LogP contribution in [0.1, 0.15) is 50.9 Å². The molecule has 10 heteroatoms. The largest absolute Gasteiger partial charge is 0.497 e. The van der Waals surface area contributed by atoms with Crippen molar-refractivity contribution in [2.24, 2.45) is 0 Å². The van der Waals surface area contributed by atoms with Crippen LogP contribution in [-0.2, 0) is 17.6 Å². The Morgan fingerprint density at radius 2 is 1.84 bits per heavy atom. The van der Waals surface area contributed by atoms with Crippen LogP contribution in [-0.4, -0.2) is 35.6 Å². The van der Waals surface area contributed by atoms with Gasteiger partial charge in [-0.1, -0.05) is 34.8 Å². The van der Waals surface area contributed by atoms with E-state index in [1.54, 1.807) is 38.3 Å². The van der Waals surface area contributed by atoms with Crippen molar-refractivity contribution in [1.29, 1.82) is 0 Å². The summed E-state index contributed by atoms with van der Waals surface area (Å²) in [6.07, 6.45) is 2.64. The molecule has 31 heavy (non-hydrogen) atoms. The second-order valence-corrected chi connectivity index (χ2v) is 10.4. The number of fused-ring (bicyclic) bond motifs is 1. The zero-order valence-electron chi connectivity index (χ0n) is 17.1. The molecule has 0 aliphatic heterocycles. The number of benzene rings is 1. The smallest absolute Gasteiger partial charge is 0.341 e. The zero-order valence-corrected chi connectivity index (χ0v) is 20.2. The van der Waals surface area contributed by atoms with E-state index in [0.29, 0.717) is 21.9 Å². The fourth-order valence-corrected chi connectivity index (χ4v) is 5.01. The normalized spacial score (nSPS) is 14.4. The molecule has 1 aromatic heterocycles. The van der Waals surface area contributed by atoms with Crippen LogP contribution in [0.4, 0.5) is 5.00 Å². The first kappa shape index (κ1) is 24.0. The third kappa shape index (κ3) is 5.77. The van der Waals surface area contributed by atoms with Gasteiger partial charge in [0.1, 0.15) is 16.9 Å². The third-order valence-corrected chi connectivity index (χ3v) is 6.76. The van der Waals surface area contributed by atoms with Crippen LogP contribution >= 0.6 is 46.1 Å². The predicted octanol–water partition coefficient (Wildman–Crippen LogP) is 5.35. The molecule has 0 saturated heterocycles. The molecule has 3 rings (SSSR count). The van der Waals surface area contributed by atoms with Crippen molar-refractivity contribution in [3.05, 3.63) is 45.8 Å². The van der Waals surface area contributed by atoms with Gasteiger partial charge in [-0.15, -0.1) is 11.3 Å². The van der Waals surface area contributed by atoms with Gasteiger partial charge in [0.2, 0.25) is 3.79 Å². The monoisotopic (exact) mass is 504 g/mol. The number of thiophene rings is 1. The molecule has 2 N–H and O–H groups in total. The minimum atomic E-state index is -1.88. The summed E-state index contributed by atoms with van der Waals surface area (Å²) in [7, 11) is 1.54. The Morgan fingerprint density at radius 1 is 1.16 bits per heavy atom. The number of ether oxygens (including phenoxy) is 2. The molecule has 1 heterocycles. The lowest BCUT2D eigenvalue weighted by atomic mass is 9.95. The molecule has 1 aromatic carbocycles. The van der Waals surface area contributed by atoms with Gasteiger partial charge in [-0.25, -0.2) is 4.79 Å². The fraction of sp³-hybridized carbons (Fsp3) is 0.429. The molecule has 1 aliphatic rings. The molecule has 0 radical (unpaired) electrons. The van der Waals surface area contributed by atoms with Gasteiger partial charge in [-0.3, -0.25) is 4.79 Å². The number of hydrogen-bond donors (Lipinski definition) is 2. The molecule has 0 unspecified atom stereocenters.